The third-order valence-corrected chi connectivity index (χ3v) is 3.70. The van der Waals surface area contributed by atoms with E-state index in [0.29, 0.717) is 32.0 Å². The molecule has 110 valence electrons. The van der Waals surface area contributed by atoms with Crippen molar-refractivity contribution in [2.45, 2.75) is 13.8 Å². The summed E-state index contributed by atoms with van der Waals surface area (Å²) in [7, 11) is 0. The van der Waals surface area contributed by atoms with E-state index in [0.717, 1.165) is 5.56 Å². The van der Waals surface area contributed by atoms with Crippen molar-refractivity contribution in [3.05, 3.63) is 56.5 Å². The summed E-state index contributed by atoms with van der Waals surface area (Å²) < 4.78 is 0. The highest BCUT2D eigenvalue weighted by Crippen LogP contribution is 2.32. The predicted molar refractivity (Wildman–Crippen MR) is 90.1 cm³/mol. The summed E-state index contributed by atoms with van der Waals surface area (Å²) in [5, 5.41) is 15.5. The van der Waals surface area contributed by atoms with E-state index in [1.165, 1.54) is 6.07 Å². The number of phenolic OH excluding ortho intramolecular Hbond substituents is 1. The van der Waals surface area contributed by atoms with Gasteiger partial charge in [0.2, 0.25) is 0 Å². The summed E-state index contributed by atoms with van der Waals surface area (Å²) in [6.45, 7) is 3.65. The largest absolute Gasteiger partial charge is 0.507 e. The van der Waals surface area contributed by atoms with Crippen LogP contribution in [0.2, 0.25) is 15.1 Å². The molecule has 3 nitrogen and oxygen atoms in total. The van der Waals surface area contributed by atoms with E-state index in [-0.39, 0.29) is 5.75 Å². The molecule has 0 aliphatic heterocycles. The van der Waals surface area contributed by atoms with E-state index in [9.17, 15) is 5.11 Å². The summed E-state index contributed by atoms with van der Waals surface area (Å²) in [4.78, 5) is 0. The number of phenols is 1. The lowest BCUT2D eigenvalue weighted by molar-refractivity contribution is 0.474. The van der Waals surface area contributed by atoms with Gasteiger partial charge in [0, 0.05) is 10.6 Å². The first-order valence-corrected chi connectivity index (χ1v) is 7.26. The molecule has 0 aromatic heterocycles. The highest BCUT2D eigenvalue weighted by atomic mass is 35.5. The van der Waals surface area contributed by atoms with Crippen LogP contribution in [0.15, 0.2) is 35.4 Å². The molecule has 0 bridgehead atoms. The van der Waals surface area contributed by atoms with Crippen molar-refractivity contribution in [3.8, 4) is 5.75 Å². The van der Waals surface area contributed by atoms with Gasteiger partial charge in [-0.15, -0.1) is 0 Å². The summed E-state index contributed by atoms with van der Waals surface area (Å²) >= 11 is 18.2. The Morgan fingerprint density at radius 3 is 2.33 bits per heavy atom. The molecule has 21 heavy (non-hydrogen) atoms. The van der Waals surface area contributed by atoms with Gasteiger partial charge in [0.25, 0.3) is 0 Å². The van der Waals surface area contributed by atoms with Gasteiger partial charge in [-0.3, -0.25) is 5.43 Å². The topological polar surface area (TPSA) is 44.6 Å². The van der Waals surface area contributed by atoms with Crippen LogP contribution in [0.4, 0.5) is 5.69 Å². The molecule has 2 aromatic carbocycles. The second kappa shape index (κ2) is 6.56. The van der Waals surface area contributed by atoms with E-state index in [1.807, 2.05) is 6.92 Å². The highest BCUT2D eigenvalue weighted by molar-refractivity contribution is 6.39. The molecular weight excluding hydrogens is 331 g/mol. The van der Waals surface area contributed by atoms with Crippen molar-refractivity contribution in [2.75, 3.05) is 5.43 Å². The standard InChI is InChI=1S/C15H13Cl3N2O/c1-8-5-12(17)15(13(18)6-8)20-19-9(2)11-7-10(16)3-4-14(11)21/h3-7,20-21H,1-2H3/b19-9+. The molecule has 0 saturated heterocycles. The maximum Gasteiger partial charge on any atom is 0.124 e. The van der Waals surface area contributed by atoms with Crippen molar-refractivity contribution in [1.29, 1.82) is 0 Å². The first-order valence-electron chi connectivity index (χ1n) is 6.13. The first kappa shape index (κ1) is 16.0. The Morgan fingerprint density at radius 1 is 1.10 bits per heavy atom. The number of nitrogens with one attached hydrogen (secondary N) is 1. The number of hydrogen-bond acceptors (Lipinski definition) is 3. The summed E-state index contributed by atoms with van der Waals surface area (Å²) in [6.07, 6.45) is 0. The molecular formula is C15H13Cl3N2O. The third-order valence-electron chi connectivity index (χ3n) is 2.87. The van der Waals surface area contributed by atoms with Crippen LogP contribution in [0.3, 0.4) is 0 Å². The molecule has 0 unspecified atom stereocenters. The molecule has 0 atom stereocenters. The van der Waals surface area contributed by atoms with Gasteiger partial charge >= 0.3 is 0 Å². The van der Waals surface area contributed by atoms with E-state index >= 15 is 0 Å². The van der Waals surface area contributed by atoms with Crippen LogP contribution in [0, 0.1) is 6.92 Å². The number of anilines is 1. The minimum atomic E-state index is 0.101. The van der Waals surface area contributed by atoms with Crippen molar-refractivity contribution >= 4 is 46.2 Å². The molecule has 6 heteroatoms. The monoisotopic (exact) mass is 342 g/mol. The number of rotatable bonds is 3. The number of aryl methyl sites for hydroxylation is 1. The minimum absolute atomic E-state index is 0.101. The van der Waals surface area contributed by atoms with Crippen LogP contribution in [-0.4, -0.2) is 10.8 Å². The number of hydrogen-bond donors (Lipinski definition) is 2. The van der Waals surface area contributed by atoms with Gasteiger partial charge in [0.05, 0.1) is 21.4 Å². The Morgan fingerprint density at radius 2 is 1.71 bits per heavy atom. The molecule has 0 saturated carbocycles. The molecule has 0 aliphatic rings. The zero-order chi connectivity index (χ0) is 15.6. The molecule has 0 radical (unpaired) electrons. The number of benzene rings is 2. The van der Waals surface area contributed by atoms with Crippen LogP contribution in [0.25, 0.3) is 0 Å². The first-order chi connectivity index (χ1) is 9.88. The van der Waals surface area contributed by atoms with Gasteiger partial charge in [0.1, 0.15) is 5.75 Å². The van der Waals surface area contributed by atoms with Crippen LogP contribution in [0.5, 0.6) is 5.75 Å². The zero-order valence-corrected chi connectivity index (χ0v) is 13.7. The van der Waals surface area contributed by atoms with Crippen LogP contribution >= 0.6 is 34.8 Å². The van der Waals surface area contributed by atoms with Gasteiger partial charge in [-0.2, -0.15) is 5.10 Å². The normalized spacial score (nSPS) is 11.6. The summed E-state index contributed by atoms with van der Waals surface area (Å²) in [6, 6.07) is 8.34. The maximum atomic E-state index is 9.83. The van der Waals surface area contributed by atoms with Gasteiger partial charge in [-0.25, -0.2) is 0 Å². The lowest BCUT2D eigenvalue weighted by Gasteiger charge is -2.09. The smallest absolute Gasteiger partial charge is 0.124 e. The number of nitrogens with zero attached hydrogens (tertiary/aromatic N) is 1. The quantitative estimate of drug-likeness (QED) is 0.571. The van der Waals surface area contributed by atoms with Gasteiger partial charge in [-0.05, 0) is 49.7 Å². The average Bonchev–Trinajstić information content (AvgIpc) is 2.40. The molecule has 2 rings (SSSR count). The van der Waals surface area contributed by atoms with Crippen molar-refractivity contribution in [3.63, 3.8) is 0 Å². The lowest BCUT2D eigenvalue weighted by Crippen LogP contribution is -2.01. The Balaban J connectivity index is 2.31. The Bertz CT molecular complexity index is 691. The average molecular weight is 344 g/mol. The van der Waals surface area contributed by atoms with Gasteiger partial charge in [0.15, 0.2) is 0 Å². The maximum absolute atomic E-state index is 9.83. The third kappa shape index (κ3) is 3.82. The van der Waals surface area contributed by atoms with Crippen LogP contribution < -0.4 is 5.43 Å². The van der Waals surface area contributed by atoms with Crippen molar-refractivity contribution in [2.24, 2.45) is 5.10 Å². The molecule has 0 fully saturated rings. The number of hydrazone groups is 1. The number of aromatic hydroxyl groups is 1. The minimum Gasteiger partial charge on any atom is -0.507 e. The fourth-order valence-electron chi connectivity index (χ4n) is 1.80. The Kier molecular flexibility index (Phi) is 4.99. The molecule has 0 spiro atoms. The molecule has 2 aromatic rings. The molecule has 0 heterocycles. The van der Waals surface area contributed by atoms with E-state index < -0.39 is 0 Å². The Hall–Kier alpha value is -1.42. The Labute approximate surface area is 138 Å². The fraction of sp³-hybridized carbons (Fsp3) is 0.133. The number of halogens is 3. The molecule has 2 N–H and O–H groups in total. The summed E-state index contributed by atoms with van der Waals surface area (Å²) in [5.41, 5.74) is 5.40. The zero-order valence-electron chi connectivity index (χ0n) is 11.4. The lowest BCUT2D eigenvalue weighted by atomic mass is 10.1. The van der Waals surface area contributed by atoms with Gasteiger partial charge < -0.3 is 5.11 Å². The van der Waals surface area contributed by atoms with E-state index in [1.54, 1.807) is 31.2 Å². The van der Waals surface area contributed by atoms with Crippen LogP contribution in [-0.2, 0) is 0 Å². The predicted octanol–water partition coefficient (Wildman–Crippen LogP) is 5.50. The van der Waals surface area contributed by atoms with Crippen molar-refractivity contribution < 1.29 is 5.11 Å². The second-order valence-corrected chi connectivity index (χ2v) is 5.82. The SMILES string of the molecule is C/C(=N\Nc1c(Cl)cc(C)cc1Cl)c1cc(Cl)ccc1O. The van der Waals surface area contributed by atoms with E-state index in [4.69, 9.17) is 34.8 Å². The fourth-order valence-corrected chi connectivity index (χ4v) is 2.66. The van der Waals surface area contributed by atoms with Crippen molar-refractivity contribution in [1.82, 2.24) is 0 Å². The molecule has 0 amide bonds. The molecule has 0 aliphatic carbocycles. The van der Waals surface area contributed by atoms with Gasteiger partial charge in [-0.1, -0.05) is 34.8 Å². The van der Waals surface area contributed by atoms with Crippen LogP contribution in [0.1, 0.15) is 18.1 Å². The van der Waals surface area contributed by atoms with E-state index in [2.05, 4.69) is 10.5 Å². The second-order valence-electron chi connectivity index (χ2n) is 4.57. The highest BCUT2D eigenvalue weighted by Gasteiger charge is 2.08. The summed E-state index contributed by atoms with van der Waals surface area (Å²) in [5.74, 6) is 0.101.